The summed E-state index contributed by atoms with van der Waals surface area (Å²) in [5.41, 5.74) is 0. The Labute approximate surface area is 102 Å². The summed E-state index contributed by atoms with van der Waals surface area (Å²) in [6, 6.07) is 0.507. The van der Waals surface area contributed by atoms with Gasteiger partial charge in [0.2, 0.25) is 0 Å². The Morgan fingerprint density at radius 2 is 2.12 bits per heavy atom. The molecular formula is C12H26N2OS. The minimum absolute atomic E-state index is 0.507. The fourth-order valence-electron chi connectivity index (χ4n) is 2.11. The van der Waals surface area contributed by atoms with Crippen molar-refractivity contribution >= 4 is 10.8 Å². The van der Waals surface area contributed by atoms with E-state index in [0.29, 0.717) is 11.9 Å². The highest BCUT2D eigenvalue weighted by atomic mass is 32.2. The second-order valence-corrected chi connectivity index (χ2v) is 6.30. The topological polar surface area (TPSA) is 41.1 Å². The van der Waals surface area contributed by atoms with Gasteiger partial charge in [-0.1, -0.05) is 13.3 Å². The lowest BCUT2D eigenvalue weighted by Crippen LogP contribution is -2.41. The molecule has 16 heavy (non-hydrogen) atoms. The lowest BCUT2D eigenvalue weighted by molar-refractivity contribution is 0.301. The van der Waals surface area contributed by atoms with Gasteiger partial charge in [0.25, 0.3) is 0 Å². The van der Waals surface area contributed by atoms with Gasteiger partial charge in [0, 0.05) is 22.6 Å². The third kappa shape index (κ3) is 5.41. The van der Waals surface area contributed by atoms with Gasteiger partial charge in [-0.2, -0.15) is 0 Å². The fraction of sp³-hybridized carbons (Fsp3) is 1.00. The quantitative estimate of drug-likeness (QED) is 0.715. The average Bonchev–Trinajstić information content (AvgIpc) is 2.34. The van der Waals surface area contributed by atoms with E-state index in [4.69, 9.17) is 0 Å². The van der Waals surface area contributed by atoms with E-state index in [1.165, 1.54) is 12.8 Å². The van der Waals surface area contributed by atoms with Crippen LogP contribution < -0.4 is 10.6 Å². The zero-order valence-corrected chi connectivity index (χ0v) is 11.4. The Morgan fingerprint density at radius 1 is 1.44 bits per heavy atom. The zero-order valence-electron chi connectivity index (χ0n) is 10.6. The Hall–Kier alpha value is 0.0700. The molecule has 1 aliphatic rings. The molecule has 1 saturated heterocycles. The van der Waals surface area contributed by atoms with Crippen molar-refractivity contribution in [2.24, 2.45) is 5.92 Å². The van der Waals surface area contributed by atoms with Gasteiger partial charge >= 0.3 is 0 Å². The van der Waals surface area contributed by atoms with E-state index in [2.05, 4.69) is 24.5 Å². The monoisotopic (exact) mass is 246 g/mol. The van der Waals surface area contributed by atoms with Gasteiger partial charge in [0.15, 0.2) is 0 Å². The first-order valence-electron chi connectivity index (χ1n) is 6.53. The number of unbranched alkanes of at least 4 members (excludes halogenated alkanes) is 1. The number of hydrogen-bond acceptors (Lipinski definition) is 3. The molecule has 0 aliphatic carbocycles. The van der Waals surface area contributed by atoms with Gasteiger partial charge in [0.1, 0.15) is 0 Å². The highest BCUT2D eigenvalue weighted by Crippen LogP contribution is 2.15. The van der Waals surface area contributed by atoms with Crippen LogP contribution in [0.4, 0.5) is 0 Å². The zero-order chi connectivity index (χ0) is 11.8. The number of piperidine rings is 1. The molecule has 1 unspecified atom stereocenters. The summed E-state index contributed by atoms with van der Waals surface area (Å²) in [5.74, 6) is 2.28. The van der Waals surface area contributed by atoms with Gasteiger partial charge < -0.3 is 10.6 Å². The Morgan fingerprint density at radius 3 is 2.75 bits per heavy atom. The molecule has 0 amide bonds. The molecule has 0 radical (unpaired) electrons. The molecule has 4 heteroatoms. The second-order valence-electron chi connectivity index (χ2n) is 4.72. The predicted octanol–water partition coefficient (Wildman–Crippen LogP) is 1.47. The number of nitrogens with one attached hydrogen (secondary N) is 2. The minimum Gasteiger partial charge on any atom is -0.317 e. The van der Waals surface area contributed by atoms with Crippen LogP contribution in [0.15, 0.2) is 0 Å². The molecule has 0 saturated carbocycles. The van der Waals surface area contributed by atoms with Crippen molar-refractivity contribution in [3.63, 3.8) is 0 Å². The maximum absolute atomic E-state index is 11.6. The van der Waals surface area contributed by atoms with Crippen molar-refractivity contribution in [2.45, 2.75) is 45.6 Å². The molecule has 1 aliphatic heterocycles. The molecule has 2 atom stereocenters. The molecule has 0 aromatic carbocycles. The lowest BCUT2D eigenvalue weighted by atomic mass is 9.91. The van der Waals surface area contributed by atoms with Crippen molar-refractivity contribution < 1.29 is 4.21 Å². The van der Waals surface area contributed by atoms with Crippen molar-refractivity contribution in [3.05, 3.63) is 0 Å². The van der Waals surface area contributed by atoms with Crippen molar-refractivity contribution in [3.8, 4) is 0 Å². The Bertz CT molecular complexity index is 205. The van der Waals surface area contributed by atoms with E-state index >= 15 is 0 Å². The van der Waals surface area contributed by atoms with E-state index in [1.54, 1.807) is 0 Å². The molecule has 2 N–H and O–H groups in total. The van der Waals surface area contributed by atoms with E-state index in [0.717, 1.165) is 37.6 Å². The van der Waals surface area contributed by atoms with Crippen molar-refractivity contribution in [1.29, 1.82) is 0 Å². The first kappa shape index (κ1) is 14.1. The third-order valence-corrected chi connectivity index (χ3v) is 4.62. The van der Waals surface area contributed by atoms with Crippen LogP contribution in [-0.2, 0) is 10.8 Å². The van der Waals surface area contributed by atoms with Crippen molar-refractivity contribution in [2.75, 3.05) is 24.7 Å². The van der Waals surface area contributed by atoms with E-state index in [1.807, 2.05) is 0 Å². The van der Waals surface area contributed by atoms with Crippen LogP contribution in [0.3, 0.4) is 0 Å². The van der Waals surface area contributed by atoms with E-state index < -0.39 is 10.8 Å². The summed E-state index contributed by atoms with van der Waals surface area (Å²) < 4.78 is 11.6. The molecule has 0 bridgehead atoms. The highest BCUT2D eigenvalue weighted by molar-refractivity contribution is 7.84. The van der Waals surface area contributed by atoms with Gasteiger partial charge in [-0.25, -0.2) is 0 Å². The third-order valence-electron chi connectivity index (χ3n) is 3.38. The molecule has 0 aromatic rings. The Balaban J connectivity index is 2.13. The maximum Gasteiger partial charge on any atom is 0.0724 e. The van der Waals surface area contributed by atoms with Crippen LogP contribution in [0.1, 0.15) is 39.5 Å². The Kier molecular flexibility index (Phi) is 7.25. The first-order chi connectivity index (χ1) is 7.74. The van der Waals surface area contributed by atoms with Crippen molar-refractivity contribution in [1.82, 2.24) is 10.6 Å². The van der Waals surface area contributed by atoms with Crippen LogP contribution in [0.25, 0.3) is 0 Å². The smallest absolute Gasteiger partial charge is 0.0724 e. The molecule has 1 heterocycles. The maximum atomic E-state index is 11.6. The van der Waals surface area contributed by atoms with Crippen LogP contribution in [0, 0.1) is 5.92 Å². The molecule has 1 rings (SSSR count). The molecule has 0 aromatic heterocycles. The van der Waals surface area contributed by atoms with Crippen LogP contribution in [0.5, 0.6) is 0 Å². The SMILES string of the molecule is CCCC[S@@](=O)CNC(C)C1CCNCC1. The van der Waals surface area contributed by atoms with Gasteiger partial charge in [-0.3, -0.25) is 4.21 Å². The molecule has 0 spiro atoms. The second kappa shape index (κ2) is 8.20. The molecule has 3 nitrogen and oxygen atoms in total. The number of rotatable bonds is 7. The molecular weight excluding hydrogens is 220 g/mol. The predicted molar refractivity (Wildman–Crippen MR) is 71.0 cm³/mol. The molecule has 1 fully saturated rings. The minimum atomic E-state index is -0.672. The summed E-state index contributed by atoms with van der Waals surface area (Å²) in [4.78, 5) is 0. The van der Waals surface area contributed by atoms with Gasteiger partial charge in [-0.05, 0) is 45.2 Å². The van der Waals surface area contributed by atoms with E-state index in [-0.39, 0.29) is 0 Å². The largest absolute Gasteiger partial charge is 0.317 e. The van der Waals surface area contributed by atoms with Gasteiger partial charge in [-0.15, -0.1) is 0 Å². The summed E-state index contributed by atoms with van der Waals surface area (Å²) in [6.07, 6.45) is 4.71. The fourth-order valence-corrected chi connectivity index (χ4v) is 3.32. The summed E-state index contributed by atoms with van der Waals surface area (Å²) >= 11 is 0. The first-order valence-corrected chi connectivity index (χ1v) is 8.02. The van der Waals surface area contributed by atoms with E-state index in [9.17, 15) is 4.21 Å². The van der Waals surface area contributed by atoms with Gasteiger partial charge in [0.05, 0.1) is 5.88 Å². The summed E-state index contributed by atoms with van der Waals surface area (Å²) in [7, 11) is -0.672. The summed E-state index contributed by atoms with van der Waals surface area (Å²) in [5, 5.41) is 6.81. The standard InChI is InChI=1S/C12H26N2OS/c1-3-4-9-16(15)10-14-11(2)12-5-7-13-8-6-12/h11-14H,3-10H2,1-2H3/t11?,16-/m1/s1. The highest BCUT2D eigenvalue weighted by Gasteiger charge is 2.19. The summed E-state index contributed by atoms with van der Waals surface area (Å²) in [6.45, 7) is 6.64. The van der Waals surface area contributed by atoms with Crippen LogP contribution >= 0.6 is 0 Å². The molecule has 96 valence electrons. The van der Waals surface area contributed by atoms with Crippen LogP contribution in [-0.4, -0.2) is 35.0 Å². The average molecular weight is 246 g/mol. The normalized spacial score (nSPS) is 21.9. The number of hydrogen-bond donors (Lipinski definition) is 2. The lowest BCUT2D eigenvalue weighted by Gasteiger charge is -2.28. The van der Waals surface area contributed by atoms with Crippen LogP contribution in [0.2, 0.25) is 0 Å².